The minimum absolute atomic E-state index is 0.243. The van der Waals surface area contributed by atoms with Crippen LogP contribution in [0.3, 0.4) is 0 Å². The van der Waals surface area contributed by atoms with Gasteiger partial charge in [-0.3, -0.25) is 0 Å². The third kappa shape index (κ3) is 1.53. The van der Waals surface area contributed by atoms with E-state index in [4.69, 9.17) is 0 Å². The van der Waals surface area contributed by atoms with Crippen molar-refractivity contribution >= 4 is 24.7 Å². The first-order valence-corrected chi connectivity index (χ1v) is 6.23. The largest absolute Gasteiger partial charge is 0.0895 e. The van der Waals surface area contributed by atoms with Crippen LogP contribution in [0, 0.1) is 5.92 Å². The van der Waals surface area contributed by atoms with Gasteiger partial charge in [0.1, 0.15) is 0 Å². The molecule has 0 aromatic carbocycles. The lowest BCUT2D eigenvalue weighted by atomic mass is 9.98. The Bertz CT molecular complexity index is 279. The Morgan fingerprint density at radius 1 is 1.45 bits per heavy atom. The van der Waals surface area contributed by atoms with E-state index in [1.54, 1.807) is 3.58 Å². The quantitative estimate of drug-likeness (QED) is 0.585. The molecule has 0 amide bonds. The Morgan fingerprint density at radius 3 is 3.27 bits per heavy atom. The average molecular weight is 258 g/mol. The van der Waals surface area contributed by atoms with Crippen molar-refractivity contribution in [2.75, 3.05) is 0 Å². The van der Waals surface area contributed by atoms with E-state index in [0.29, 0.717) is 0 Å². The van der Waals surface area contributed by atoms with Crippen LogP contribution in [0.4, 0.5) is 0 Å². The smallest absolute Gasteiger partial charge is 0.00688 e. The van der Waals surface area contributed by atoms with E-state index >= 15 is 0 Å². The molecule has 0 N–H and O–H groups in total. The Morgan fingerprint density at radius 2 is 2.36 bits per heavy atom. The summed E-state index contributed by atoms with van der Waals surface area (Å²) in [5.74, 6) is 0.772. The van der Waals surface area contributed by atoms with Crippen LogP contribution in [0.15, 0.2) is 33.5 Å². The summed E-state index contributed by atoms with van der Waals surface area (Å²) in [6.45, 7) is 2.29. The van der Waals surface area contributed by atoms with Gasteiger partial charge in [0.25, 0.3) is 0 Å². The second-order valence-corrected chi connectivity index (χ2v) is 5.64. The fourth-order valence-corrected chi connectivity index (χ4v) is 3.85. The molecule has 0 spiro atoms. The molecular weight excluding hydrogens is 247 g/mol. The van der Waals surface area contributed by atoms with Gasteiger partial charge in [-0.15, -0.1) is 0 Å². The van der Waals surface area contributed by atoms with Gasteiger partial charge in [-0.1, -0.05) is 52.0 Å². The molecule has 58 valence electrons. The molecule has 0 aromatic rings. The van der Waals surface area contributed by atoms with Crippen LogP contribution in [0.1, 0.15) is 13.3 Å². The van der Waals surface area contributed by atoms with Crippen LogP contribution >= 0.6 is 20.7 Å². The van der Waals surface area contributed by atoms with Crippen LogP contribution in [-0.4, -0.2) is 4.01 Å². The van der Waals surface area contributed by atoms with Gasteiger partial charge in [-0.25, -0.2) is 0 Å². The summed E-state index contributed by atoms with van der Waals surface area (Å²) in [6, 6.07) is 0. The predicted molar refractivity (Wildman–Crippen MR) is 59.2 cm³/mol. The molecule has 1 aliphatic heterocycles. The van der Waals surface area contributed by atoms with Crippen molar-refractivity contribution in [3.63, 3.8) is 0 Å². The minimum atomic E-state index is 0.243. The van der Waals surface area contributed by atoms with E-state index < -0.39 is 0 Å². The normalized spacial score (nSPS) is 28.3. The fourth-order valence-electron chi connectivity index (χ4n) is 1.33. The maximum absolute atomic E-state index is 2.35. The van der Waals surface area contributed by atoms with Crippen molar-refractivity contribution in [2.24, 2.45) is 5.92 Å². The standard InChI is InChI=1S/C10H11I/c1-8-4-5-9-3-2-6-11-10(9)7-8/h2-6,8H,7H2,1H3. The molecule has 1 atom stereocenters. The van der Waals surface area contributed by atoms with Gasteiger partial charge in [0, 0.05) is 0 Å². The van der Waals surface area contributed by atoms with Gasteiger partial charge in [0.05, 0.1) is 0 Å². The number of halogens is 1. The Hall–Kier alpha value is -0.180. The SMILES string of the molecule is CC1C=CC2=C(C1)I=CC=C2. The third-order valence-corrected chi connectivity index (χ3v) is 4.55. The first-order valence-electron chi connectivity index (χ1n) is 3.91. The molecule has 1 unspecified atom stereocenters. The monoisotopic (exact) mass is 258 g/mol. The van der Waals surface area contributed by atoms with Crippen molar-refractivity contribution < 1.29 is 0 Å². The van der Waals surface area contributed by atoms with E-state index in [1.165, 1.54) is 12.0 Å². The average Bonchev–Trinajstić information content (AvgIpc) is 2.04. The van der Waals surface area contributed by atoms with Gasteiger partial charge in [-0.05, 0) is 25.5 Å². The van der Waals surface area contributed by atoms with Gasteiger partial charge in [-0.2, -0.15) is 0 Å². The second-order valence-electron chi connectivity index (χ2n) is 2.99. The first kappa shape index (κ1) is 7.47. The van der Waals surface area contributed by atoms with E-state index in [-0.39, 0.29) is 20.7 Å². The number of hydrogen-bond acceptors (Lipinski definition) is 0. The molecule has 0 saturated carbocycles. The fraction of sp³-hybridized carbons (Fsp3) is 0.300. The van der Waals surface area contributed by atoms with Crippen molar-refractivity contribution in [3.05, 3.63) is 33.5 Å². The molecule has 0 nitrogen and oxygen atoms in total. The molecule has 2 rings (SSSR count). The van der Waals surface area contributed by atoms with Crippen molar-refractivity contribution in [1.29, 1.82) is 0 Å². The second kappa shape index (κ2) is 3.05. The van der Waals surface area contributed by atoms with Crippen molar-refractivity contribution in [3.8, 4) is 0 Å². The van der Waals surface area contributed by atoms with Crippen LogP contribution in [0.2, 0.25) is 0 Å². The summed E-state index contributed by atoms with van der Waals surface area (Å²) in [7, 11) is 0. The summed E-state index contributed by atoms with van der Waals surface area (Å²) in [5, 5.41) is 0. The van der Waals surface area contributed by atoms with E-state index in [2.05, 4.69) is 35.2 Å². The molecule has 11 heavy (non-hydrogen) atoms. The molecule has 0 fully saturated rings. The Balaban J connectivity index is 2.36. The zero-order chi connectivity index (χ0) is 7.68. The van der Waals surface area contributed by atoms with Gasteiger partial charge >= 0.3 is 0 Å². The maximum atomic E-state index is 2.35. The Labute approximate surface area is 77.4 Å². The molecule has 0 aromatic heterocycles. The van der Waals surface area contributed by atoms with Crippen LogP contribution in [-0.2, 0) is 0 Å². The lowest BCUT2D eigenvalue weighted by Crippen LogP contribution is -1.98. The molecule has 0 radical (unpaired) electrons. The maximum Gasteiger partial charge on any atom is -0.00688 e. The van der Waals surface area contributed by atoms with Gasteiger partial charge < -0.3 is 0 Å². The summed E-state index contributed by atoms with van der Waals surface area (Å²) in [6.07, 6.45) is 10.3. The highest BCUT2D eigenvalue weighted by Gasteiger charge is 2.10. The molecule has 0 saturated heterocycles. The summed E-state index contributed by atoms with van der Waals surface area (Å²) < 4.78 is 4.07. The summed E-state index contributed by atoms with van der Waals surface area (Å²) in [4.78, 5) is 0. The predicted octanol–water partition coefficient (Wildman–Crippen LogP) is 3.18. The third-order valence-electron chi connectivity index (χ3n) is 1.96. The molecule has 0 bridgehead atoms. The van der Waals surface area contributed by atoms with Crippen molar-refractivity contribution in [2.45, 2.75) is 13.3 Å². The molecule has 2 aliphatic rings. The number of rotatable bonds is 0. The molecule has 1 heteroatoms. The lowest BCUT2D eigenvalue weighted by molar-refractivity contribution is 0.730. The summed E-state index contributed by atoms with van der Waals surface area (Å²) in [5.41, 5.74) is 1.50. The van der Waals surface area contributed by atoms with E-state index in [0.717, 1.165) is 5.92 Å². The van der Waals surface area contributed by atoms with Crippen molar-refractivity contribution in [1.82, 2.24) is 0 Å². The highest BCUT2D eigenvalue weighted by atomic mass is 127. The van der Waals surface area contributed by atoms with Crippen LogP contribution < -0.4 is 0 Å². The highest BCUT2D eigenvalue weighted by Crippen LogP contribution is 2.33. The topological polar surface area (TPSA) is 0 Å². The highest BCUT2D eigenvalue weighted by molar-refractivity contribution is 14.2. The molecule has 1 aliphatic carbocycles. The van der Waals surface area contributed by atoms with E-state index in [1.807, 2.05) is 0 Å². The molecule has 1 heterocycles. The number of allylic oxidation sites excluding steroid dienone is 6. The van der Waals surface area contributed by atoms with Crippen LogP contribution in [0.25, 0.3) is 0 Å². The van der Waals surface area contributed by atoms with Gasteiger partial charge in [0.2, 0.25) is 0 Å². The van der Waals surface area contributed by atoms with E-state index in [9.17, 15) is 0 Å². The first-order chi connectivity index (χ1) is 5.36. The summed E-state index contributed by atoms with van der Waals surface area (Å²) >= 11 is 0.243. The zero-order valence-electron chi connectivity index (χ0n) is 6.55. The molecular formula is C10H11I. The Kier molecular flexibility index (Phi) is 2.07. The zero-order valence-corrected chi connectivity index (χ0v) is 8.71. The lowest BCUT2D eigenvalue weighted by Gasteiger charge is -2.16. The van der Waals surface area contributed by atoms with Gasteiger partial charge in [0.15, 0.2) is 0 Å². The van der Waals surface area contributed by atoms with Crippen LogP contribution in [0.5, 0.6) is 0 Å². The minimum Gasteiger partial charge on any atom is -0.0895 e. The number of hydrogen-bond donors (Lipinski definition) is 0.